The first kappa shape index (κ1) is 15.3. The van der Waals surface area contributed by atoms with Gasteiger partial charge in [-0.2, -0.15) is 0 Å². The average molecular weight is 288 g/mol. The number of nitrogens with one attached hydrogen (secondary N) is 1. The Morgan fingerprint density at radius 1 is 1.38 bits per heavy atom. The molecule has 2 rings (SSSR count). The number of aliphatic hydroxyl groups excluding tert-OH is 1. The van der Waals surface area contributed by atoms with E-state index in [-0.39, 0.29) is 24.2 Å². The third-order valence-electron chi connectivity index (χ3n) is 3.60. The van der Waals surface area contributed by atoms with Gasteiger partial charge in [0.15, 0.2) is 0 Å². The number of nitrogens with zero attached hydrogens (tertiary/aromatic N) is 1. The largest absolute Gasteiger partial charge is 0.392 e. The molecule has 1 aromatic carbocycles. The summed E-state index contributed by atoms with van der Waals surface area (Å²) in [7, 11) is 0. The van der Waals surface area contributed by atoms with Crippen molar-refractivity contribution in [2.75, 3.05) is 0 Å². The van der Waals surface area contributed by atoms with Crippen molar-refractivity contribution in [1.29, 1.82) is 0 Å². The Bertz CT molecular complexity index is 607. The molecule has 0 fully saturated rings. The molecule has 0 saturated carbocycles. The molecule has 1 unspecified atom stereocenters. The zero-order chi connectivity index (χ0) is 15.2. The highest BCUT2D eigenvalue weighted by molar-refractivity contribution is 5.91. The maximum Gasteiger partial charge on any atom is 0.290 e. The van der Waals surface area contributed by atoms with Crippen LogP contribution in [0.15, 0.2) is 34.9 Å². The van der Waals surface area contributed by atoms with E-state index in [1.807, 2.05) is 31.2 Å². The van der Waals surface area contributed by atoms with Crippen LogP contribution in [0, 0.1) is 0 Å². The topological polar surface area (TPSA) is 75.4 Å². The van der Waals surface area contributed by atoms with E-state index in [1.165, 1.54) is 0 Å². The van der Waals surface area contributed by atoms with Crippen LogP contribution in [0.25, 0.3) is 0 Å². The summed E-state index contributed by atoms with van der Waals surface area (Å²) in [5.74, 6) is 0.182. The molecule has 0 spiro atoms. The monoisotopic (exact) mass is 288 g/mol. The standard InChI is InChI=1S/C16H20N2O3/c1-3-11(2)14-8-15(21-18-14)16(20)17-9-12-6-4-5-7-13(12)10-19/h4-8,11,19H,3,9-10H2,1-2H3,(H,17,20). The Kier molecular flexibility index (Phi) is 5.11. The van der Waals surface area contributed by atoms with Gasteiger partial charge in [-0.25, -0.2) is 0 Å². The number of rotatable bonds is 6. The quantitative estimate of drug-likeness (QED) is 0.856. The number of aliphatic hydroxyl groups is 1. The summed E-state index contributed by atoms with van der Waals surface area (Å²) in [5.41, 5.74) is 2.48. The second-order valence-electron chi connectivity index (χ2n) is 5.03. The predicted octanol–water partition coefficient (Wildman–Crippen LogP) is 2.61. The van der Waals surface area contributed by atoms with Crippen LogP contribution < -0.4 is 5.32 Å². The molecule has 1 heterocycles. The summed E-state index contributed by atoms with van der Waals surface area (Å²) in [6.45, 7) is 4.39. The van der Waals surface area contributed by atoms with E-state index in [0.717, 1.165) is 23.2 Å². The van der Waals surface area contributed by atoms with Gasteiger partial charge >= 0.3 is 0 Å². The molecule has 0 bridgehead atoms. The summed E-state index contributed by atoms with van der Waals surface area (Å²) in [4.78, 5) is 12.0. The average Bonchev–Trinajstić information content (AvgIpc) is 3.02. The van der Waals surface area contributed by atoms with Gasteiger partial charge in [-0.05, 0) is 17.5 Å². The zero-order valence-electron chi connectivity index (χ0n) is 12.3. The van der Waals surface area contributed by atoms with Crippen molar-refractivity contribution in [2.45, 2.75) is 39.3 Å². The highest BCUT2D eigenvalue weighted by Gasteiger charge is 2.15. The molecule has 0 aliphatic rings. The molecular formula is C16H20N2O3. The van der Waals surface area contributed by atoms with Crippen molar-refractivity contribution >= 4 is 5.91 Å². The van der Waals surface area contributed by atoms with E-state index >= 15 is 0 Å². The molecule has 1 amide bonds. The number of carbonyl (C=O) groups excluding carboxylic acids is 1. The second-order valence-corrected chi connectivity index (χ2v) is 5.03. The van der Waals surface area contributed by atoms with Gasteiger partial charge in [0, 0.05) is 18.5 Å². The molecule has 5 heteroatoms. The van der Waals surface area contributed by atoms with E-state index in [9.17, 15) is 9.90 Å². The van der Waals surface area contributed by atoms with Crippen LogP contribution in [0.4, 0.5) is 0 Å². The Balaban J connectivity index is 2.00. The first-order valence-corrected chi connectivity index (χ1v) is 7.08. The SMILES string of the molecule is CCC(C)c1cc(C(=O)NCc2ccccc2CO)on1. The van der Waals surface area contributed by atoms with E-state index < -0.39 is 0 Å². The molecule has 0 aliphatic heterocycles. The number of amides is 1. The van der Waals surface area contributed by atoms with Crippen LogP contribution in [0.5, 0.6) is 0 Å². The van der Waals surface area contributed by atoms with Gasteiger partial charge in [0.05, 0.1) is 12.3 Å². The van der Waals surface area contributed by atoms with Crippen LogP contribution in [-0.2, 0) is 13.2 Å². The van der Waals surface area contributed by atoms with Gasteiger partial charge in [0.2, 0.25) is 5.76 Å². The van der Waals surface area contributed by atoms with Crippen LogP contribution in [-0.4, -0.2) is 16.2 Å². The third kappa shape index (κ3) is 3.70. The maximum atomic E-state index is 12.0. The third-order valence-corrected chi connectivity index (χ3v) is 3.60. The number of carbonyl (C=O) groups is 1. The number of benzene rings is 1. The zero-order valence-corrected chi connectivity index (χ0v) is 12.3. The molecule has 1 aromatic heterocycles. The number of aromatic nitrogens is 1. The molecule has 112 valence electrons. The summed E-state index contributed by atoms with van der Waals surface area (Å²) in [6.07, 6.45) is 0.942. The van der Waals surface area contributed by atoms with Crippen molar-refractivity contribution in [2.24, 2.45) is 0 Å². The highest BCUT2D eigenvalue weighted by atomic mass is 16.5. The minimum absolute atomic E-state index is 0.0491. The van der Waals surface area contributed by atoms with E-state index in [4.69, 9.17) is 4.52 Å². The van der Waals surface area contributed by atoms with Crippen molar-refractivity contribution in [3.8, 4) is 0 Å². The fourth-order valence-electron chi connectivity index (χ4n) is 1.98. The van der Waals surface area contributed by atoms with Gasteiger partial charge in [-0.15, -0.1) is 0 Å². The first-order chi connectivity index (χ1) is 10.2. The van der Waals surface area contributed by atoms with Gasteiger partial charge in [-0.3, -0.25) is 4.79 Å². The van der Waals surface area contributed by atoms with Crippen LogP contribution in [0.3, 0.4) is 0 Å². The van der Waals surface area contributed by atoms with E-state index in [2.05, 4.69) is 17.4 Å². The molecule has 2 N–H and O–H groups in total. The first-order valence-electron chi connectivity index (χ1n) is 7.08. The summed E-state index contributed by atoms with van der Waals surface area (Å²) >= 11 is 0. The normalized spacial score (nSPS) is 12.1. The van der Waals surface area contributed by atoms with Gasteiger partial charge in [0.25, 0.3) is 5.91 Å². The maximum absolute atomic E-state index is 12.0. The molecule has 0 radical (unpaired) electrons. The van der Waals surface area contributed by atoms with Crippen LogP contribution in [0.1, 0.15) is 53.6 Å². The van der Waals surface area contributed by atoms with Crippen molar-refractivity contribution < 1.29 is 14.4 Å². The minimum Gasteiger partial charge on any atom is -0.392 e. The number of hydrogen-bond donors (Lipinski definition) is 2. The Hall–Kier alpha value is -2.14. The van der Waals surface area contributed by atoms with Gasteiger partial charge < -0.3 is 14.9 Å². The molecule has 1 atom stereocenters. The summed E-state index contributed by atoms with van der Waals surface area (Å²) < 4.78 is 5.08. The molecular weight excluding hydrogens is 268 g/mol. The van der Waals surface area contributed by atoms with E-state index in [0.29, 0.717) is 6.54 Å². The fourth-order valence-corrected chi connectivity index (χ4v) is 1.98. The molecule has 0 aliphatic carbocycles. The van der Waals surface area contributed by atoms with Gasteiger partial charge in [0.1, 0.15) is 0 Å². The van der Waals surface area contributed by atoms with Crippen molar-refractivity contribution in [1.82, 2.24) is 10.5 Å². The summed E-state index contributed by atoms with van der Waals surface area (Å²) in [6, 6.07) is 9.11. The smallest absolute Gasteiger partial charge is 0.290 e. The van der Waals surface area contributed by atoms with Crippen molar-refractivity contribution in [3.63, 3.8) is 0 Å². The molecule has 0 saturated heterocycles. The molecule has 2 aromatic rings. The lowest BCUT2D eigenvalue weighted by molar-refractivity contribution is 0.0913. The Morgan fingerprint density at radius 3 is 2.76 bits per heavy atom. The molecule has 5 nitrogen and oxygen atoms in total. The van der Waals surface area contributed by atoms with E-state index in [1.54, 1.807) is 6.07 Å². The van der Waals surface area contributed by atoms with Crippen LogP contribution in [0.2, 0.25) is 0 Å². The lowest BCUT2D eigenvalue weighted by Crippen LogP contribution is -2.23. The second kappa shape index (κ2) is 7.04. The number of hydrogen-bond acceptors (Lipinski definition) is 4. The lowest BCUT2D eigenvalue weighted by Gasteiger charge is -2.07. The Morgan fingerprint density at radius 2 is 2.10 bits per heavy atom. The van der Waals surface area contributed by atoms with Crippen LogP contribution >= 0.6 is 0 Å². The summed E-state index contributed by atoms with van der Waals surface area (Å²) in [5, 5.41) is 15.9. The van der Waals surface area contributed by atoms with Gasteiger partial charge in [-0.1, -0.05) is 43.3 Å². The fraction of sp³-hybridized carbons (Fsp3) is 0.375. The minimum atomic E-state index is -0.301. The highest BCUT2D eigenvalue weighted by Crippen LogP contribution is 2.18. The Labute approximate surface area is 124 Å². The van der Waals surface area contributed by atoms with Crippen molar-refractivity contribution in [3.05, 3.63) is 52.9 Å². The lowest BCUT2D eigenvalue weighted by atomic mass is 10.1. The predicted molar refractivity (Wildman–Crippen MR) is 78.7 cm³/mol. The molecule has 21 heavy (non-hydrogen) atoms.